The van der Waals surface area contributed by atoms with Crippen LogP contribution in [0.2, 0.25) is 0 Å². The lowest BCUT2D eigenvalue weighted by molar-refractivity contribution is -0.373. The second-order valence-corrected chi connectivity index (χ2v) is 5.40. The van der Waals surface area contributed by atoms with Gasteiger partial charge in [0.05, 0.1) is 0 Å². The van der Waals surface area contributed by atoms with Gasteiger partial charge in [-0.3, -0.25) is 5.73 Å². The molecule has 2 aromatic rings. The SMILES string of the molecule is N#Cc1c(N)[nH+]c2c(c1-c1ccccc1F)CCCCC2. The zero-order valence-corrected chi connectivity index (χ0v) is 11.7. The number of hydrogen-bond donors (Lipinski definition) is 1. The van der Waals surface area contributed by atoms with E-state index in [2.05, 4.69) is 11.1 Å². The van der Waals surface area contributed by atoms with Crippen molar-refractivity contribution >= 4 is 5.82 Å². The lowest BCUT2D eigenvalue weighted by Gasteiger charge is -2.13. The van der Waals surface area contributed by atoms with E-state index >= 15 is 0 Å². The molecule has 106 valence electrons. The van der Waals surface area contributed by atoms with Gasteiger partial charge in [0.25, 0.3) is 5.82 Å². The van der Waals surface area contributed by atoms with Crippen LogP contribution < -0.4 is 10.7 Å². The lowest BCUT2D eigenvalue weighted by atomic mass is 9.91. The largest absolute Gasteiger partial charge is 0.289 e. The third kappa shape index (κ3) is 2.36. The van der Waals surface area contributed by atoms with Gasteiger partial charge in [-0.15, -0.1) is 0 Å². The fraction of sp³-hybridized carbons (Fsp3) is 0.294. The molecule has 0 aliphatic heterocycles. The summed E-state index contributed by atoms with van der Waals surface area (Å²) < 4.78 is 14.2. The highest BCUT2D eigenvalue weighted by molar-refractivity contribution is 5.78. The first-order valence-electron chi connectivity index (χ1n) is 7.24. The van der Waals surface area contributed by atoms with Crippen molar-refractivity contribution in [2.24, 2.45) is 0 Å². The van der Waals surface area contributed by atoms with Crippen molar-refractivity contribution in [1.29, 1.82) is 5.26 Å². The molecule has 21 heavy (non-hydrogen) atoms. The Morgan fingerprint density at radius 1 is 1.14 bits per heavy atom. The number of rotatable bonds is 1. The minimum atomic E-state index is -0.314. The molecule has 3 N–H and O–H groups in total. The molecule has 0 bridgehead atoms. The molecule has 0 spiro atoms. The van der Waals surface area contributed by atoms with Gasteiger partial charge < -0.3 is 0 Å². The molecule has 0 amide bonds. The molecular weight excluding hydrogens is 265 g/mol. The van der Waals surface area contributed by atoms with E-state index in [0.717, 1.165) is 43.4 Å². The first kappa shape index (κ1) is 13.6. The molecule has 0 radical (unpaired) electrons. The Morgan fingerprint density at radius 2 is 1.90 bits per heavy atom. The summed E-state index contributed by atoms with van der Waals surface area (Å²) >= 11 is 0. The highest BCUT2D eigenvalue weighted by Gasteiger charge is 2.25. The number of aromatic nitrogens is 1. The quantitative estimate of drug-likeness (QED) is 0.817. The molecule has 3 rings (SSSR count). The van der Waals surface area contributed by atoms with E-state index in [-0.39, 0.29) is 5.82 Å². The first-order chi connectivity index (χ1) is 10.2. The molecule has 1 aromatic carbocycles. The molecule has 0 saturated carbocycles. The van der Waals surface area contributed by atoms with Gasteiger partial charge in [-0.1, -0.05) is 24.6 Å². The van der Waals surface area contributed by atoms with E-state index in [1.54, 1.807) is 18.2 Å². The number of benzene rings is 1. The van der Waals surface area contributed by atoms with Crippen molar-refractivity contribution in [3.8, 4) is 17.2 Å². The van der Waals surface area contributed by atoms with Crippen LogP contribution >= 0.6 is 0 Å². The van der Waals surface area contributed by atoms with E-state index in [9.17, 15) is 9.65 Å². The molecule has 0 atom stereocenters. The summed E-state index contributed by atoms with van der Waals surface area (Å²) in [6.45, 7) is 0. The van der Waals surface area contributed by atoms with Crippen molar-refractivity contribution < 1.29 is 9.37 Å². The van der Waals surface area contributed by atoms with Gasteiger partial charge in [0.1, 0.15) is 23.1 Å². The van der Waals surface area contributed by atoms with Crippen LogP contribution in [0, 0.1) is 17.1 Å². The Kier molecular flexibility index (Phi) is 3.57. The molecule has 1 aromatic heterocycles. The van der Waals surface area contributed by atoms with Crippen LogP contribution in [0.15, 0.2) is 24.3 Å². The van der Waals surface area contributed by atoms with E-state index in [1.807, 2.05) is 0 Å². The number of nitrogens with zero attached hydrogens (tertiary/aromatic N) is 1. The monoisotopic (exact) mass is 282 g/mol. The molecule has 1 heterocycles. The number of aromatic amines is 1. The van der Waals surface area contributed by atoms with Gasteiger partial charge in [-0.05, 0) is 25.3 Å². The molecule has 1 aliphatic rings. The summed E-state index contributed by atoms with van der Waals surface area (Å²) in [6.07, 6.45) is 5.03. The number of nitrogen functional groups attached to an aromatic ring is 1. The average molecular weight is 282 g/mol. The summed E-state index contributed by atoms with van der Waals surface area (Å²) in [5, 5.41) is 9.45. The van der Waals surface area contributed by atoms with Crippen LogP contribution in [0.3, 0.4) is 0 Å². The Hall–Kier alpha value is -2.41. The highest BCUT2D eigenvalue weighted by Crippen LogP contribution is 2.34. The minimum Gasteiger partial charge on any atom is -0.286 e. The Labute approximate surface area is 123 Å². The average Bonchev–Trinajstić information content (AvgIpc) is 2.71. The summed E-state index contributed by atoms with van der Waals surface area (Å²) in [4.78, 5) is 3.15. The smallest absolute Gasteiger partial charge is 0.286 e. The maximum Gasteiger partial charge on any atom is 0.289 e. The number of nitrogens with two attached hydrogens (primary N) is 1. The molecule has 0 fully saturated rings. The molecule has 0 saturated heterocycles. The number of nitriles is 1. The van der Waals surface area contributed by atoms with E-state index < -0.39 is 0 Å². The van der Waals surface area contributed by atoms with Crippen LogP contribution in [-0.2, 0) is 12.8 Å². The van der Waals surface area contributed by atoms with Crippen molar-refractivity contribution in [3.63, 3.8) is 0 Å². The Bertz CT molecular complexity index is 732. The molecular formula is C17H17FN3+. The number of nitrogens with one attached hydrogen (secondary N) is 1. The van der Waals surface area contributed by atoms with E-state index in [4.69, 9.17) is 5.73 Å². The van der Waals surface area contributed by atoms with Crippen molar-refractivity contribution in [2.75, 3.05) is 5.73 Å². The number of fused-ring (bicyclic) bond motifs is 1. The maximum absolute atomic E-state index is 14.2. The van der Waals surface area contributed by atoms with Gasteiger partial charge in [0.2, 0.25) is 0 Å². The Balaban J connectivity index is 2.34. The van der Waals surface area contributed by atoms with Gasteiger partial charge in [0, 0.05) is 23.1 Å². The topological polar surface area (TPSA) is 64.0 Å². The maximum atomic E-state index is 14.2. The fourth-order valence-electron chi connectivity index (χ4n) is 3.08. The third-order valence-electron chi connectivity index (χ3n) is 4.08. The van der Waals surface area contributed by atoms with Gasteiger partial charge >= 0.3 is 0 Å². The van der Waals surface area contributed by atoms with Gasteiger partial charge in [-0.25, -0.2) is 9.37 Å². The van der Waals surface area contributed by atoms with Crippen molar-refractivity contribution in [3.05, 3.63) is 46.9 Å². The highest BCUT2D eigenvalue weighted by atomic mass is 19.1. The standard InChI is InChI=1S/C17H16FN3/c18-14-8-5-4-6-11(14)16-12-7-2-1-3-9-15(12)21-17(20)13(16)10-19/h4-6,8H,1-3,7,9H2,(H2,20,21)/p+1. The number of halogens is 1. The number of H-pyrrole nitrogens is 1. The minimum absolute atomic E-state index is 0.314. The normalized spacial score (nSPS) is 14.1. The zero-order valence-electron chi connectivity index (χ0n) is 11.7. The van der Waals surface area contributed by atoms with Crippen LogP contribution in [0.25, 0.3) is 11.1 Å². The molecule has 3 nitrogen and oxygen atoms in total. The molecule has 1 aliphatic carbocycles. The summed E-state index contributed by atoms with van der Waals surface area (Å²) in [6, 6.07) is 8.72. The van der Waals surface area contributed by atoms with E-state index in [0.29, 0.717) is 22.5 Å². The van der Waals surface area contributed by atoms with Gasteiger partial charge in [-0.2, -0.15) is 5.26 Å². The zero-order chi connectivity index (χ0) is 14.8. The lowest BCUT2D eigenvalue weighted by Crippen LogP contribution is -2.22. The van der Waals surface area contributed by atoms with Crippen LogP contribution in [0.4, 0.5) is 10.2 Å². The summed E-state index contributed by atoms with van der Waals surface area (Å²) in [7, 11) is 0. The van der Waals surface area contributed by atoms with Gasteiger partial charge in [0.15, 0.2) is 0 Å². The second-order valence-electron chi connectivity index (χ2n) is 5.40. The number of anilines is 1. The predicted molar refractivity (Wildman–Crippen MR) is 78.8 cm³/mol. The first-order valence-corrected chi connectivity index (χ1v) is 7.24. The van der Waals surface area contributed by atoms with Crippen LogP contribution in [0.1, 0.15) is 36.1 Å². The number of pyridine rings is 1. The summed E-state index contributed by atoms with van der Waals surface area (Å²) in [5.74, 6) is 0.0162. The molecule has 4 heteroatoms. The third-order valence-corrected chi connectivity index (χ3v) is 4.08. The van der Waals surface area contributed by atoms with Crippen molar-refractivity contribution in [2.45, 2.75) is 32.1 Å². The van der Waals surface area contributed by atoms with E-state index in [1.165, 1.54) is 6.07 Å². The fourth-order valence-corrected chi connectivity index (χ4v) is 3.08. The molecule has 0 unspecified atom stereocenters. The number of aryl methyl sites for hydroxylation is 1. The number of hydrogen-bond acceptors (Lipinski definition) is 2. The predicted octanol–water partition coefficient (Wildman–Crippen LogP) is 3.03. The Morgan fingerprint density at radius 3 is 2.67 bits per heavy atom. The van der Waals surface area contributed by atoms with Crippen LogP contribution in [-0.4, -0.2) is 0 Å². The van der Waals surface area contributed by atoms with Crippen molar-refractivity contribution in [1.82, 2.24) is 0 Å². The van der Waals surface area contributed by atoms with Crippen LogP contribution in [0.5, 0.6) is 0 Å². The summed E-state index contributed by atoms with van der Waals surface area (Å²) in [5.41, 5.74) is 9.57. The second kappa shape index (κ2) is 5.53.